The van der Waals surface area contributed by atoms with Gasteiger partial charge in [0.25, 0.3) is 0 Å². The van der Waals surface area contributed by atoms with Gasteiger partial charge in [-0.15, -0.1) is 0 Å². The molecule has 2 unspecified atom stereocenters. The van der Waals surface area contributed by atoms with Gasteiger partial charge in [0.1, 0.15) is 5.65 Å². The first-order valence-electron chi connectivity index (χ1n) is 11.1. The summed E-state index contributed by atoms with van der Waals surface area (Å²) in [7, 11) is 1.91. The summed E-state index contributed by atoms with van der Waals surface area (Å²) in [6.45, 7) is 2.01. The van der Waals surface area contributed by atoms with E-state index in [1.807, 2.05) is 44.0 Å². The van der Waals surface area contributed by atoms with Crippen LogP contribution in [0, 0.1) is 0 Å². The van der Waals surface area contributed by atoms with E-state index < -0.39 is 0 Å². The Balaban J connectivity index is 1.45. The van der Waals surface area contributed by atoms with E-state index >= 15 is 0 Å². The third-order valence-corrected chi connectivity index (χ3v) is 7.44. The van der Waals surface area contributed by atoms with Crippen LogP contribution >= 0.6 is 11.6 Å². The highest BCUT2D eigenvalue weighted by molar-refractivity contribution is 6.38. The molecule has 1 aromatic carbocycles. The zero-order valence-electron chi connectivity index (χ0n) is 17.7. The quantitative estimate of drug-likeness (QED) is 0.431. The summed E-state index contributed by atoms with van der Waals surface area (Å²) < 4.78 is 3.94. The van der Waals surface area contributed by atoms with Crippen LogP contribution in [0.15, 0.2) is 36.9 Å². The summed E-state index contributed by atoms with van der Waals surface area (Å²) in [5.74, 6) is 0.975. The molecule has 0 spiro atoms. The number of hydrogen-bond donors (Lipinski definition) is 2. The van der Waals surface area contributed by atoms with Gasteiger partial charge in [0.05, 0.1) is 15.9 Å². The maximum absolute atomic E-state index is 6.86. The average molecular weight is 447 g/mol. The zero-order chi connectivity index (χ0) is 21.4. The van der Waals surface area contributed by atoms with Crippen LogP contribution in [-0.4, -0.2) is 54.3 Å². The van der Waals surface area contributed by atoms with Crippen molar-refractivity contribution in [3.05, 3.63) is 41.9 Å². The fraction of sp³-hybridized carbons (Fsp3) is 0.348. The molecule has 32 heavy (non-hydrogen) atoms. The molecule has 5 aromatic rings. The summed E-state index contributed by atoms with van der Waals surface area (Å²) in [5, 5.41) is 10.7. The third kappa shape index (κ3) is 2.50. The second kappa shape index (κ2) is 6.70. The number of halogens is 1. The number of fused-ring (bicyclic) bond motifs is 6. The largest absolute Gasteiger partial charge is 0.345 e. The summed E-state index contributed by atoms with van der Waals surface area (Å²) in [6, 6.07) is 4.99. The summed E-state index contributed by atoms with van der Waals surface area (Å²) in [6.07, 6.45) is 11.5. The summed E-state index contributed by atoms with van der Waals surface area (Å²) in [5.41, 5.74) is 4.59. The topological polar surface area (TPSA) is 79.1 Å². The average Bonchev–Trinajstić information content (AvgIpc) is 3.50. The van der Waals surface area contributed by atoms with E-state index in [1.54, 1.807) is 4.68 Å². The highest BCUT2D eigenvalue weighted by atomic mass is 35.5. The molecule has 6 heterocycles. The Hall–Kier alpha value is -3.10. The lowest BCUT2D eigenvalue weighted by molar-refractivity contribution is 0.307. The predicted molar refractivity (Wildman–Crippen MR) is 126 cm³/mol. The number of rotatable bonds is 2. The van der Waals surface area contributed by atoms with E-state index in [4.69, 9.17) is 21.6 Å². The molecule has 2 fully saturated rings. The molecule has 2 bridgehead atoms. The van der Waals surface area contributed by atoms with Crippen molar-refractivity contribution < 1.29 is 0 Å². The fourth-order valence-electron chi connectivity index (χ4n) is 5.62. The lowest BCUT2D eigenvalue weighted by atomic mass is 9.93. The molecule has 162 valence electrons. The number of piperazine rings is 1. The number of aromatic nitrogens is 6. The normalized spacial score (nSPS) is 21.2. The number of aromatic amines is 1. The van der Waals surface area contributed by atoms with Gasteiger partial charge in [0, 0.05) is 73.5 Å². The van der Waals surface area contributed by atoms with Crippen LogP contribution in [0.5, 0.6) is 0 Å². The minimum atomic E-state index is 0.468. The van der Waals surface area contributed by atoms with Crippen molar-refractivity contribution in [2.75, 3.05) is 18.0 Å². The van der Waals surface area contributed by atoms with Crippen LogP contribution < -0.4 is 10.2 Å². The van der Waals surface area contributed by atoms with Crippen LogP contribution in [0.4, 0.5) is 5.95 Å². The number of nitrogens with one attached hydrogen (secondary N) is 2. The zero-order valence-corrected chi connectivity index (χ0v) is 18.5. The van der Waals surface area contributed by atoms with Crippen molar-refractivity contribution in [1.82, 2.24) is 34.4 Å². The Labute approximate surface area is 189 Å². The van der Waals surface area contributed by atoms with Crippen molar-refractivity contribution in [1.29, 1.82) is 0 Å². The standard InChI is InChI=1S/C23H23ClN8/c1-30-12-17-18(29-30)6-5-15(20(17)24)16-11-27-21-19(16)22-26-7-8-31(22)23(28-21)32-13-3-2-4-14(32)10-25-9-13/h5-8,11-14,25,27H,2-4,9-10H2,1H3. The molecule has 7 rings (SSSR count). The molecule has 2 saturated heterocycles. The number of imidazole rings is 1. The van der Waals surface area contributed by atoms with Crippen LogP contribution in [0.25, 0.3) is 38.7 Å². The summed E-state index contributed by atoms with van der Waals surface area (Å²) in [4.78, 5) is 15.8. The van der Waals surface area contributed by atoms with Crippen LogP contribution in [-0.2, 0) is 7.05 Å². The van der Waals surface area contributed by atoms with E-state index in [-0.39, 0.29) is 0 Å². The number of benzene rings is 1. The second-order valence-electron chi connectivity index (χ2n) is 8.93. The first-order valence-corrected chi connectivity index (χ1v) is 11.5. The van der Waals surface area contributed by atoms with Crippen molar-refractivity contribution >= 4 is 45.1 Å². The maximum atomic E-state index is 6.86. The first kappa shape index (κ1) is 18.5. The number of piperidine rings is 1. The molecule has 2 atom stereocenters. The number of aryl methyl sites for hydroxylation is 1. The Kier molecular flexibility index (Phi) is 3.87. The fourth-order valence-corrected chi connectivity index (χ4v) is 5.93. The van der Waals surface area contributed by atoms with Crippen molar-refractivity contribution in [3.63, 3.8) is 0 Å². The Morgan fingerprint density at radius 3 is 2.81 bits per heavy atom. The molecular weight excluding hydrogens is 424 g/mol. The van der Waals surface area contributed by atoms with Gasteiger partial charge in [0.15, 0.2) is 5.65 Å². The molecule has 0 aliphatic carbocycles. The minimum absolute atomic E-state index is 0.468. The molecule has 8 nitrogen and oxygen atoms in total. The van der Waals surface area contributed by atoms with E-state index in [1.165, 1.54) is 19.3 Å². The molecular formula is C23H23ClN8. The minimum Gasteiger partial charge on any atom is -0.345 e. The molecule has 9 heteroatoms. The van der Waals surface area contributed by atoms with E-state index in [0.29, 0.717) is 17.1 Å². The van der Waals surface area contributed by atoms with Gasteiger partial charge >= 0.3 is 0 Å². The monoisotopic (exact) mass is 446 g/mol. The van der Waals surface area contributed by atoms with E-state index in [2.05, 4.69) is 24.7 Å². The van der Waals surface area contributed by atoms with Crippen LogP contribution in [0.3, 0.4) is 0 Å². The molecule has 2 N–H and O–H groups in total. The number of anilines is 1. The van der Waals surface area contributed by atoms with Gasteiger partial charge in [-0.05, 0) is 25.3 Å². The molecule has 2 aliphatic rings. The Bertz CT molecular complexity index is 1470. The van der Waals surface area contributed by atoms with Gasteiger partial charge in [-0.2, -0.15) is 10.1 Å². The maximum Gasteiger partial charge on any atom is 0.213 e. The highest BCUT2D eigenvalue weighted by Crippen LogP contribution is 2.40. The first-order chi connectivity index (χ1) is 15.7. The molecule has 0 radical (unpaired) electrons. The number of H-pyrrole nitrogens is 1. The van der Waals surface area contributed by atoms with Crippen LogP contribution in [0.1, 0.15) is 19.3 Å². The number of hydrogen-bond acceptors (Lipinski definition) is 5. The van der Waals surface area contributed by atoms with Crippen molar-refractivity contribution in [2.45, 2.75) is 31.3 Å². The third-order valence-electron chi connectivity index (χ3n) is 7.03. The molecule has 2 aliphatic heterocycles. The van der Waals surface area contributed by atoms with E-state index in [0.717, 1.165) is 57.7 Å². The van der Waals surface area contributed by atoms with Gasteiger partial charge in [-0.25, -0.2) is 4.98 Å². The Morgan fingerprint density at radius 1 is 1.12 bits per heavy atom. The smallest absolute Gasteiger partial charge is 0.213 e. The lowest BCUT2D eigenvalue weighted by Gasteiger charge is -2.47. The molecule has 0 saturated carbocycles. The number of nitrogens with zero attached hydrogens (tertiary/aromatic N) is 6. The van der Waals surface area contributed by atoms with Gasteiger partial charge < -0.3 is 15.2 Å². The van der Waals surface area contributed by atoms with Gasteiger partial charge in [0.2, 0.25) is 5.95 Å². The van der Waals surface area contributed by atoms with Crippen molar-refractivity contribution in [3.8, 4) is 11.1 Å². The molecule has 4 aromatic heterocycles. The molecule has 0 amide bonds. The van der Waals surface area contributed by atoms with Gasteiger partial charge in [-0.3, -0.25) is 9.08 Å². The predicted octanol–water partition coefficient (Wildman–Crippen LogP) is 3.75. The van der Waals surface area contributed by atoms with Crippen LogP contribution in [0.2, 0.25) is 5.02 Å². The second-order valence-corrected chi connectivity index (χ2v) is 9.30. The van der Waals surface area contributed by atoms with E-state index in [9.17, 15) is 0 Å². The Morgan fingerprint density at radius 2 is 1.97 bits per heavy atom. The van der Waals surface area contributed by atoms with Crippen molar-refractivity contribution in [2.24, 2.45) is 7.05 Å². The SMILES string of the molecule is Cn1cc2c(Cl)c(-c3c[nH]c4nc(N5C6CCCC5CNC6)n5ccnc5c34)ccc2n1. The summed E-state index contributed by atoms with van der Waals surface area (Å²) >= 11 is 6.86. The van der Waals surface area contributed by atoms with Gasteiger partial charge in [-0.1, -0.05) is 17.7 Å². The highest BCUT2D eigenvalue weighted by Gasteiger charge is 2.36. The lowest BCUT2D eigenvalue weighted by Crippen LogP contribution is -2.60.